The lowest BCUT2D eigenvalue weighted by molar-refractivity contribution is 0.0973. The van der Waals surface area contributed by atoms with Crippen LogP contribution in [0.2, 0.25) is 0 Å². The van der Waals surface area contributed by atoms with Crippen molar-refractivity contribution in [3.05, 3.63) is 29.8 Å². The standard InChI is InChI=1S/C22H36O3/c1-3-5-7-9-11-13-19-24-22(23)25-21-17-15-20(16-18-21)14-12-10-8-6-4-2/h15-18H,3-14,19H2,1-2H3. The minimum absolute atomic E-state index is 0.445. The molecule has 0 saturated heterocycles. The van der Waals surface area contributed by atoms with Gasteiger partial charge in [0.1, 0.15) is 5.75 Å². The van der Waals surface area contributed by atoms with Gasteiger partial charge in [0.15, 0.2) is 0 Å². The molecule has 0 spiro atoms. The minimum atomic E-state index is -0.596. The number of hydrogen-bond acceptors (Lipinski definition) is 3. The summed E-state index contributed by atoms with van der Waals surface area (Å²) >= 11 is 0. The molecule has 0 aliphatic heterocycles. The van der Waals surface area contributed by atoms with E-state index in [0.29, 0.717) is 12.4 Å². The van der Waals surface area contributed by atoms with Crippen molar-refractivity contribution in [3.8, 4) is 5.75 Å². The molecular formula is C22H36O3. The predicted octanol–water partition coefficient (Wildman–Crippen LogP) is 7.08. The zero-order valence-corrected chi connectivity index (χ0v) is 16.2. The van der Waals surface area contributed by atoms with Crippen molar-refractivity contribution >= 4 is 6.16 Å². The third-order valence-corrected chi connectivity index (χ3v) is 4.41. The van der Waals surface area contributed by atoms with Crippen LogP contribution < -0.4 is 4.74 Å². The maximum Gasteiger partial charge on any atom is 0.513 e. The van der Waals surface area contributed by atoms with Crippen molar-refractivity contribution in [1.29, 1.82) is 0 Å². The van der Waals surface area contributed by atoms with Crippen LogP contribution in [0.3, 0.4) is 0 Å². The van der Waals surface area contributed by atoms with Crippen molar-refractivity contribution in [1.82, 2.24) is 0 Å². The van der Waals surface area contributed by atoms with Crippen LogP contribution in [-0.2, 0) is 11.2 Å². The van der Waals surface area contributed by atoms with E-state index in [1.165, 1.54) is 63.4 Å². The average Bonchev–Trinajstić information content (AvgIpc) is 2.62. The van der Waals surface area contributed by atoms with Crippen molar-refractivity contribution in [2.24, 2.45) is 0 Å². The Morgan fingerprint density at radius 1 is 0.760 bits per heavy atom. The van der Waals surface area contributed by atoms with Crippen LogP contribution in [-0.4, -0.2) is 12.8 Å². The van der Waals surface area contributed by atoms with E-state index in [1.807, 2.05) is 24.3 Å². The van der Waals surface area contributed by atoms with Gasteiger partial charge in [-0.05, 0) is 37.0 Å². The molecule has 0 bridgehead atoms. The van der Waals surface area contributed by atoms with Crippen molar-refractivity contribution in [3.63, 3.8) is 0 Å². The maximum absolute atomic E-state index is 11.7. The van der Waals surface area contributed by atoms with E-state index in [1.54, 1.807) is 0 Å². The van der Waals surface area contributed by atoms with Crippen LogP contribution in [0.1, 0.15) is 90.0 Å². The number of ether oxygens (including phenoxy) is 2. The number of unbranched alkanes of at least 4 members (excludes halogenated alkanes) is 9. The topological polar surface area (TPSA) is 35.5 Å². The summed E-state index contributed by atoms with van der Waals surface area (Å²) in [5.74, 6) is 0.558. The molecule has 3 heteroatoms. The fourth-order valence-corrected chi connectivity index (χ4v) is 2.82. The number of hydrogen-bond donors (Lipinski definition) is 0. The highest BCUT2D eigenvalue weighted by Crippen LogP contribution is 2.15. The Bertz CT molecular complexity index is 439. The molecule has 1 rings (SSSR count). The van der Waals surface area contributed by atoms with Crippen LogP contribution >= 0.6 is 0 Å². The number of rotatable bonds is 14. The predicted molar refractivity (Wildman–Crippen MR) is 104 cm³/mol. The molecule has 1 aromatic rings. The molecule has 0 heterocycles. The lowest BCUT2D eigenvalue weighted by Crippen LogP contribution is -2.11. The molecule has 25 heavy (non-hydrogen) atoms. The Labute approximate surface area is 154 Å². The van der Waals surface area contributed by atoms with E-state index < -0.39 is 6.16 Å². The third kappa shape index (κ3) is 11.6. The van der Waals surface area contributed by atoms with Gasteiger partial charge in [-0.2, -0.15) is 0 Å². The third-order valence-electron chi connectivity index (χ3n) is 4.41. The molecule has 0 amide bonds. The summed E-state index contributed by atoms with van der Waals surface area (Å²) in [5.41, 5.74) is 1.30. The van der Waals surface area contributed by atoms with E-state index in [4.69, 9.17) is 9.47 Å². The molecule has 0 N–H and O–H groups in total. The molecule has 1 aromatic carbocycles. The molecule has 0 radical (unpaired) electrons. The summed E-state index contributed by atoms with van der Waals surface area (Å²) in [7, 11) is 0. The van der Waals surface area contributed by atoms with Crippen molar-refractivity contribution in [2.75, 3.05) is 6.61 Å². The summed E-state index contributed by atoms with van der Waals surface area (Å²) in [5, 5.41) is 0. The van der Waals surface area contributed by atoms with Crippen LogP contribution in [0.4, 0.5) is 4.79 Å². The van der Waals surface area contributed by atoms with Gasteiger partial charge in [-0.1, -0.05) is 83.8 Å². The largest absolute Gasteiger partial charge is 0.513 e. The van der Waals surface area contributed by atoms with Gasteiger partial charge in [0.2, 0.25) is 0 Å². The molecule has 0 aliphatic carbocycles. The first kappa shape index (κ1) is 21.5. The molecule has 0 unspecified atom stereocenters. The van der Waals surface area contributed by atoms with E-state index >= 15 is 0 Å². The minimum Gasteiger partial charge on any atom is -0.434 e. The second-order valence-corrected chi connectivity index (χ2v) is 6.78. The lowest BCUT2D eigenvalue weighted by Gasteiger charge is -2.07. The second kappa shape index (κ2) is 14.8. The number of carbonyl (C=O) groups excluding carboxylic acids is 1. The van der Waals surface area contributed by atoms with E-state index in [9.17, 15) is 4.79 Å². The first-order valence-corrected chi connectivity index (χ1v) is 10.2. The van der Waals surface area contributed by atoms with Gasteiger partial charge in [0, 0.05) is 0 Å². The highest BCUT2D eigenvalue weighted by Gasteiger charge is 2.06. The molecule has 0 aliphatic rings. The smallest absolute Gasteiger partial charge is 0.434 e. The van der Waals surface area contributed by atoms with Crippen molar-refractivity contribution < 1.29 is 14.3 Å². The Kier molecular flexibility index (Phi) is 12.7. The highest BCUT2D eigenvalue weighted by atomic mass is 16.7. The number of benzene rings is 1. The van der Waals surface area contributed by atoms with Gasteiger partial charge >= 0.3 is 6.16 Å². The zero-order valence-electron chi connectivity index (χ0n) is 16.2. The number of aryl methyl sites for hydroxylation is 1. The van der Waals surface area contributed by atoms with Gasteiger partial charge < -0.3 is 9.47 Å². The Morgan fingerprint density at radius 3 is 1.96 bits per heavy atom. The lowest BCUT2D eigenvalue weighted by atomic mass is 10.1. The van der Waals surface area contributed by atoms with Crippen molar-refractivity contribution in [2.45, 2.75) is 90.9 Å². The Morgan fingerprint density at radius 2 is 1.32 bits per heavy atom. The average molecular weight is 349 g/mol. The van der Waals surface area contributed by atoms with Gasteiger partial charge in [-0.3, -0.25) is 0 Å². The van der Waals surface area contributed by atoms with E-state index in [2.05, 4.69) is 13.8 Å². The fraction of sp³-hybridized carbons (Fsp3) is 0.682. The molecule has 3 nitrogen and oxygen atoms in total. The summed E-state index contributed by atoms with van der Waals surface area (Å²) in [6.07, 6.45) is 14.0. The van der Waals surface area contributed by atoms with Gasteiger partial charge in [-0.25, -0.2) is 4.79 Å². The molecular weight excluding hydrogens is 312 g/mol. The maximum atomic E-state index is 11.7. The second-order valence-electron chi connectivity index (χ2n) is 6.78. The van der Waals surface area contributed by atoms with E-state index in [-0.39, 0.29) is 0 Å². The Balaban J connectivity index is 2.12. The van der Waals surface area contributed by atoms with Gasteiger partial charge in [0.25, 0.3) is 0 Å². The van der Waals surface area contributed by atoms with Crippen LogP contribution in [0, 0.1) is 0 Å². The first-order valence-electron chi connectivity index (χ1n) is 10.2. The Hall–Kier alpha value is -1.51. The van der Waals surface area contributed by atoms with E-state index in [0.717, 1.165) is 19.3 Å². The zero-order chi connectivity index (χ0) is 18.2. The molecule has 0 fully saturated rings. The molecule has 142 valence electrons. The van der Waals surface area contributed by atoms with Gasteiger partial charge in [0.05, 0.1) is 6.61 Å². The monoisotopic (exact) mass is 348 g/mol. The first-order chi connectivity index (χ1) is 12.3. The normalized spacial score (nSPS) is 10.6. The summed E-state index contributed by atoms with van der Waals surface area (Å²) in [6, 6.07) is 7.78. The summed E-state index contributed by atoms with van der Waals surface area (Å²) in [4.78, 5) is 11.7. The number of carbonyl (C=O) groups is 1. The van der Waals surface area contributed by atoms with Crippen LogP contribution in [0.5, 0.6) is 5.75 Å². The highest BCUT2D eigenvalue weighted by molar-refractivity contribution is 5.63. The van der Waals surface area contributed by atoms with Crippen LogP contribution in [0.25, 0.3) is 0 Å². The molecule has 0 atom stereocenters. The summed E-state index contributed by atoms with van der Waals surface area (Å²) in [6.45, 7) is 4.89. The summed E-state index contributed by atoms with van der Waals surface area (Å²) < 4.78 is 10.3. The quantitative estimate of drug-likeness (QED) is 0.205. The van der Waals surface area contributed by atoms with Gasteiger partial charge in [-0.15, -0.1) is 0 Å². The van der Waals surface area contributed by atoms with Crippen LogP contribution in [0.15, 0.2) is 24.3 Å². The fourth-order valence-electron chi connectivity index (χ4n) is 2.82. The molecule has 0 aromatic heterocycles. The SMILES string of the molecule is CCCCCCCCOC(=O)Oc1ccc(CCCCCCC)cc1. The molecule has 0 saturated carbocycles.